The number of halogens is 1. The van der Waals surface area contributed by atoms with Crippen molar-refractivity contribution in [3.8, 4) is 30.6 Å². The zero-order chi connectivity index (χ0) is 41.8. The molecule has 2 nitrogen and oxygen atoms in total. The monoisotopic (exact) mass is 954 g/mol. The maximum atomic E-state index is 16.0. The van der Waals surface area contributed by atoms with Gasteiger partial charge in [-0.25, -0.2) is 9.18 Å². The molecule has 1 atom stereocenters. The lowest BCUT2D eigenvalue weighted by atomic mass is 10.00. The number of rotatable bonds is 26. The highest BCUT2D eigenvalue weighted by molar-refractivity contribution is 8.01. The Morgan fingerprint density at radius 3 is 1.88 bits per heavy atom. The SMILES string of the molecule is CCCCCCCCSc1ccc(-c2c3cc(-c4scc5c(F)c(C(=O)OCC(CC)CCCC)sc45)sc3c(-c3ccc(SCCCCCCCC)s3)c3ccsc23)s1. The van der Waals surface area contributed by atoms with Crippen LogP contribution in [0.4, 0.5) is 4.39 Å². The highest BCUT2D eigenvalue weighted by atomic mass is 32.2. The van der Waals surface area contributed by atoms with Gasteiger partial charge < -0.3 is 4.74 Å². The molecule has 0 fully saturated rings. The standard InChI is InChI=1S/C49H59FO2S8/c1-5-9-12-14-16-18-26-53-39-23-21-36(57-39)41-33-25-28-55-44(33)42(37-22-24-40(58-37)54-27-19-17-15-13-10-6-2)34-29-38(59-45(34)41)47-46-35(31-56-47)43(50)48(60-46)49(51)52-30-32(8-4)20-11-7-3/h21-25,28-29,31-32H,5-20,26-27,30H2,1-4H3. The lowest BCUT2D eigenvalue weighted by Gasteiger charge is -2.14. The number of hydrogen-bond acceptors (Lipinski definition) is 10. The van der Waals surface area contributed by atoms with Crippen LogP contribution in [0, 0.1) is 11.7 Å². The molecule has 322 valence electrons. The smallest absolute Gasteiger partial charge is 0.351 e. The van der Waals surface area contributed by atoms with E-state index in [1.807, 2.05) is 74.3 Å². The maximum Gasteiger partial charge on any atom is 0.351 e. The fourth-order valence-electron chi connectivity index (χ4n) is 7.81. The Bertz CT molecular complexity index is 2310. The molecule has 0 aliphatic carbocycles. The predicted molar refractivity (Wildman–Crippen MR) is 274 cm³/mol. The van der Waals surface area contributed by atoms with Gasteiger partial charge in [-0.05, 0) is 78.5 Å². The first-order valence-electron chi connectivity index (χ1n) is 22.2. The van der Waals surface area contributed by atoms with Gasteiger partial charge in [0.2, 0.25) is 0 Å². The number of benzene rings is 1. The predicted octanol–water partition coefficient (Wildman–Crippen LogP) is 19.9. The van der Waals surface area contributed by atoms with Crippen molar-refractivity contribution in [2.24, 2.45) is 5.92 Å². The molecule has 6 aromatic heterocycles. The number of esters is 1. The molecule has 0 radical (unpaired) electrons. The van der Waals surface area contributed by atoms with Gasteiger partial charge in [0.25, 0.3) is 0 Å². The van der Waals surface area contributed by atoms with Crippen LogP contribution >= 0.6 is 91.5 Å². The van der Waals surface area contributed by atoms with Crippen molar-refractivity contribution in [1.29, 1.82) is 0 Å². The molecule has 1 aromatic carbocycles. The second-order valence-corrected chi connectivity index (χ2v) is 24.6. The number of carbonyl (C=O) groups is 1. The van der Waals surface area contributed by atoms with Gasteiger partial charge in [-0.15, -0.1) is 91.5 Å². The first kappa shape index (κ1) is 46.3. The van der Waals surface area contributed by atoms with Crippen molar-refractivity contribution in [2.45, 2.75) is 139 Å². The molecule has 11 heteroatoms. The van der Waals surface area contributed by atoms with E-state index in [1.54, 1.807) is 11.3 Å². The average Bonchev–Trinajstić information content (AvgIpc) is 4.12. The molecule has 0 saturated carbocycles. The van der Waals surface area contributed by atoms with Crippen molar-refractivity contribution >= 4 is 128 Å². The average molecular weight is 956 g/mol. The number of thioether (sulfide) groups is 2. The Labute approximate surface area is 389 Å². The minimum Gasteiger partial charge on any atom is -0.461 e. The van der Waals surface area contributed by atoms with E-state index in [1.165, 1.54) is 138 Å². The van der Waals surface area contributed by atoms with Crippen molar-refractivity contribution in [3.05, 3.63) is 57.9 Å². The summed E-state index contributed by atoms with van der Waals surface area (Å²) in [4.78, 5) is 18.2. The lowest BCUT2D eigenvalue weighted by Crippen LogP contribution is -2.14. The number of hydrogen-bond donors (Lipinski definition) is 0. The molecule has 0 amide bonds. The van der Waals surface area contributed by atoms with Crippen LogP contribution in [0.1, 0.15) is 140 Å². The van der Waals surface area contributed by atoms with E-state index in [4.69, 9.17) is 4.74 Å². The Morgan fingerprint density at radius 1 is 0.633 bits per heavy atom. The van der Waals surface area contributed by atoms with Crippen molar-refractivity contribution in [1.82, 2.24) is 0 Å². The van der Waals surface area contributed by atoms with Crippen LogP contribution in [0.25, 0.3) is 60.9 Å². The summed E-state index contributed by atoms with van der Waals surface area (Å²) in [6.45, 7) is 9.21. The number of unbranched alkanes of at least 4 members (excludes halogenated alkanes) is 11. The lowest BCUT2D eigenvalue weighted by molar-refractivity contribution is 0.0429. The summed E-state index contributed by atoms with van der Waals surface area (Å²) in [5, 5.41) is 7.26. The molecule has 6 heterocycles. The minimum atomic E-state index is -0.536. The summed E-state index contributed by atoms with van der Waals surface area (Å²) in [6.07, 6.45) is 20.0. The van der Waals surface area contributed by atoms with Crippen LogP contribution in [0.5, 0.6) is 0 Å². The van der Waals surface area contributed by atoms with Crippen LogP contribution < -0.4 is 0 Å². The number of ether oxygens (including phenoxy) is 1. The van der Waals surface area contributed by atoms with Crippen LogP contribution in [0.2, 0.25) is 0 Å². The number of thiophene rings is 6. The molecule has 0 saturated heterocycles. The van der Waals surface area contributed by atoms with Crippen molar-refractivity contribution in [3.63, 3.8) is 0 Å². The van der Waals surface area contributed by atoms with E-state index in [-0.39, 0.29) is 4.88 Å². The molecule has 7 aromatic rings. The molecular weight excluding hydrogens is 896 g/mol. The van der Waals surface area contributed by atoms with Crippen molar-refractivity contribution in [2.75, 3.05) is 18.1 Å². The van der Waals surface area contributed by atoms with Gasteiger partial charge in [-0.2, -0.15) is 0 Å². The molecule has 0 spiro atoms. The van der Waals surface area contributed by atoms with Crippen LogP contribution in [-0.2, 0) is 4.74 Å². The fraction of sp³-hybridized carbons (Fsp3) is 0.490. The molecule has 0 aliphatic heterocycles. The second-order valence-electron chi connectivity index (χ2n) is 15.8. The van der Waals surface area contributed by atoms with Crippen LogP contribution in [-0.4, -0.2) is 24.1 Å². The van der Waals surface area contributed by atoms with E-state index in [0.29, 0.717) is 17.9 Å². The third kappa shape index (κ3) is 11.1. The van der Waals surface area contributed by atoms with Crippen molar-refractivity contribution < 1.29 is 13.9 Å². The summed E-state index contributed by atoms with van der Waals surface area (Å²) in [7, 11) is 0. The normalized spacial score (nSPS) is 12.5. The highest BCUT2D eigenvalue weighted by Gasteiger charge is 2.27. The molecule has 0 bridgehead atoms. The first-order chi connectivity index (χ1) is 29.4. The molecular formula is C49H59FO2S8. The van der Waals surface area contributed by atoms with E-state index >= 15 is 4.39 Å². The summed E-state index contributed by atoms with van der Waals surface area (Å²) in [6, 6.07) is 14.0. The zero-order valence-electron chi connectivity index (χ0n) is 35.6. The topological polar surface area (TPSA) is 26.3 Å². The Hall–Kier alpha value is -1.70. The molecule has 0 N–H and O–H groups in total. The highest BCUT2D eigenvalue weighted by Crippen LogP contribution is 2.55. The van der Waals surface area contributed by atoms with Gasteiger partial charge >= 0.3 is 5.97 Å². The third-order valence-corrected chi connectivity index (χ3v) is 20.7. The summed E-state index contributed by atoms with van der Waals surface area (Å²) in [5.41, 5.74) is 2.63. The van der Waals surface area contributed by atoms with Crippen LogP contribution in [0.3, 0.4) is 0 Å². The summed E-state index contributed by atoms with van der Waals surface area (Å²) < 4.78 is 28.0. The van der Waals surface area contributed by atoms with Crippen LogP contribution in [0.15, 0.2) is 55.6 Å². The third-order valence-electron chi connectivity index (χ3n) is 11.3. The van der Waals surface area contributed by atoms with Gasteiger partial charge in [-0.3, -0.25) is 0 Å². The van der Waals surface area contributed by atoms with Gasteiger partial charge in [-0.1, -0.05) is 111 Å². The molecule has 0 aliphatic rings. The van der Waals surface area contributed by atoms with Gasteiger partial charge in [0.1, 0.15) is 4.88 Å². The molecule has 1 unspecified atom stereocenters. The summed E-state index contributed by atoms with van der Waals surface area (Å²) >= 11 is 14.4. The first-order valence-corrected chi connectivity index (χ1v) is 29.2. The fourth-order valence-corrected chi connectivity index (χ4v) is 17.2. The Kier molecular flexibility index (Phi) is 18.0. The Balaban J connectivity index is 1.22. The quantitative estimate of drug-likeness (QED) is 0.0307. The van der Waals surface area contributed by atoms with E-state index in [2.05, 4.69) is 69.5 Å². The number of fused-ring (bicyclic) bond motifs is 3. The zero-order valence-corrected chi connectivity index (χ0v) is 42.1. The molecule has 60 heavy (non-hydrogen) atoms. The Morgan fingerprint density at radius 2 is 1.25 bits per heavy atom. The second kappa shape index (κ2) is 23.3. The van der Waals surface area contributed by atoms with E-state index < -0.39 is 11.8 Å². The maximum absolute atomic E-state index is 16.0. The van der Waals surface area contributed by atoms with E-state index in [0.717, 1.165) is 51.6 Å². The molecule has 7 rings (SSSR count). The largest absolute Gasteiger partial charge is 0.461 e. The number of carbonyl (C=O) groups excluding carboxylic acids is 1. The van der Waals surface area contributed by atoms with Gasteiger partial charge in [0.05, 0.1) is 24.6 Å². The summed E-state index contributed by atoms with van der Waals surface area (Å²) in [5.74, 6) is 1.65. The minimum absolute atomic E-state index is 0.0940. The van der Waals surface area contributed by atoms with E-state index in [9.17, 15) is 4.79 Å². The van der Waals surface area contributed by atoms with Gasteiger partial charge in [0, 0.05) is 56.7 Å². The van der Waals surface area contributed by atoms with Gasteiger partial charge in [0.15, 0.2) is 5.82 Å².